The van der Waals surface area contributed by atoms with Crippen LogP contribution in [0.15, 0.2) is 27.8 Å². The van der Waals surface area contributed by atoms with Crippen LogP contribution < -0.4 is 14.8 Å². The molecule has 3 heterocycles. The summed E-state index contributed by atoms with van der Waals surface area (Å²) in [6.07, 6.45) is 3.39. The number of thioether (sulfide) groups is 1. The second kappa shape index (κ2) is 8.59. The van der Waals surface area contributed by atoms with E-state index in [2.05, 4.69) is 28.5 Å². The summed E-state index contributed by atoms with van der Waals surface area (Å²) in [5.74, 6) is 1.75. The van der Waals surface area contributed by atoms with Gasteiger partial charge in [0.15, 0.2) is 17.3 Å². The van der Waals surface area contributed by atoms with Crippen LogP contribution in [0.3, 0.4) is 0 Å². The number of rotatable bonds is 6. The summed E-state index contributed by atoms with van der Waals surface area (Å²) in [6, 6.07) is 5.33. The van der Waals surface area contributed by atoms with Crippen molar-refractivity contribution in [3.05, 3.63) is 34.2 Å². The number of amides is 1. The molecular weight excluding hydrogens is 450 g/mol. The lowest BCUT2D eigenvalue weighted by Gasteiger charge is -2.16. The van der Waals surface area contributed by atoms with Crippen LogP contribution in [0.1, 0.15) is 41.1 Å². The van der Waals surface area contributed by atoms with Gasteiger partial charge in [0.05, 0.1) is 16.3 Å². The van der Waals surface area contributed by atoms with Gasteiger partial charge in [0, 0.05) is 16.5 Å². The number of ether oxygens (including phenoxy) is 2. The molecule has 1 aliphatic heterocycles. The van der Waals surface area contributed by atoms with E-state index in [0.717, 1.165) is 29.5 Å². The lowest BCUT2D eigenvalue weighted by Crippen LogP contribution is -2.16. The first kappa shape index (κ1) is 21.0. The molecule has 10 heteroatoms. The van der Waals surface area contributed by atoms with Gasteiger partial charge in [0.1, 0.15) is 0 Å². The van der Waals surface area contributed by atoms with Gasteiger partial charge < -0.3 is 19.2 Å². The van der Waals surface area contributed by atoms with Crippen LogP contribution in [0.5, 0.6) is 11.5 Å². The topological polar surface area (TPSA) is 104 Å². The first-order valence-corrected chi connectivity index (χ1v) is 12.1. The molecule has 5 rings (SSSR count). The van der Waals surface area contributed by atoms with Crippen LogP contribution in [-0.2, 0) is 17.6 Å². The van der Waals surface area contributed by atoms with Gasteiger partial charge in [-0.2, -0.15) is 0 Å². The Morgan fingerprint density at radius 2 is 2.03 bits per heavy atom. The second-order valence-electron chi connectivity index (χ2n) is 7.92. The first-order valence-electron chi connectivity index (χ1n) is 10.3. The van der Waals surface area contributed by atoms with Gasteiger partial charge in [-0.15, -0.1) is 21.5 Å². The Morgan fingerprint density at radius 1 is 1.22 bits per heavy atom. The summed E-state index contributed by atoms with van der Waals surface area (Å²) in [7, 11) is 0. The van der Waals surface area contributed by atoms with E-state index in [-0.39, 0.29) is 24.2 Å². The molecule has 1 amide bonds. The van der Waals surface area contributed by atoms with Crippen LogP contribution in [0.2, 0.25) is 0 Å². The number of aromatic nitrogens is 2. The quantitative estimate of drug-likeness (QED) is 0.411. The Balaban J connectivity index is 1.23. The van der Waals surface area contributed by atoms with Crippen molar-refractivity contribution < 1.29 is 23.5 Å². The molecule has 1 unspecified atom stereocenters. The van der Waals surface area contributed by atoms with E-state index in [4.69, 9.17) is 13.9 Å². The van der Waals surface area contributed by atoms with Crippen LogP contribution in [0.4, 0.5) is 5.69 Å². The first-order chi connectivity index (χ1) is 15.5. The van der Waals surface area contributed by atoms with E-state index in [0.29, 0.717) is 39.8 Å². The predicted octanol–water partition coefficient (Wildman–Crippen LogP) is 4.59. The molecule has 8 nitrogen and oxygen atoms in total. The number of ketones is 1. The summed E-state index contributed by atoms with van der Waals surface area (Å²) < 4.78 is 16.4. The number of nitrogens with zero attached hydrogens (tertiary/aromatic N) is 2. The van der Waals surface area contributed by atoms with Crippen molar-refractivity contribution in [2.24, 2.45) is 5.92 Å². The molecule has 0 spiro atoms. The van der Waals surface area contributed by atoms with Crippen molar-refractivity contribution in [2.75, 3.05) is 17.9 Å². The van der Waals surface area contributed by atoms with Gasteiger partial charge >= 0.3 is 0 Å². The molecule has 1 aromatic carbocycles. The van der Waals surface area contributed by atoms with Crippen molar-refractivity contribution in [2.45, 2.75) is 38.3 Å². The van der Waals surface area contributed by atoms with Crippen molar-refractivity contribution in [1.29, 1.82) is 0 Å². The standard InChI is InChI=1S/C22H21N3O5S2/c1-11-3-4-18-13(5-11)6-19(32-18)21-24-25-22(30-21)31-9-20(27)23-15-8-17-16(28-10-29-17)7-14(15)12(2)26/h6-8,11H,3-5,9-10H2,1-2H3,(H,23,27). The molecule has 166 valence electrons. The third-order valence-electron chi connectivity index (χ3n) is 5.44. The molecule has 2 aliphatic rings. The highest BCUT2D eigenvalue weighted by Gasteiger charge is 2.22. The number of hydrogen-bond donors (Lipinski definition) is 1. The Kier molecular flexibility index (Phi) is 5.64. The number of benzene rings is 1. The van der Waals surface area contributed by atoms with Crippen LogP contribution in [0.25, 0.3) is 10.8 Å². The second-order valence-corrected chi connectivity index (χ2v) is 9.99. The lowest BCUT2D eigenvalue weighted by molar-refractivity contribution is -0.113. The van der Waals surface area contributed by atoms with Crippen LogP contribution in [-0.4, -0.2) is 34.4 Å². The maximum absolute atomic E-state index is 12.5. The summed E-state index contributed by atoms with van der Waals surface area (Å²) in [5.41, 5.74) is 2.13. The average Bonchev–Trinajstić information content (AvgIpc) is 3.49. The molecule has 32 heavy (non-hydrogen) atoms. The number of carbonyl (C=O) groups is 2. The molecular formula is C22H21N3O5S2. The number of fused-ring (bicyclic) bond motifs is 2. The Morgan fingerprint density at radius 3 is 2.84 bits per heavy atom. The maximum atomic E-state index is 12.5. The number of anilines is 1. The van der Waals surface area contributed by atoms with E-state index >= 15 is 0 Å². The fraction of sp³-hybridized carbons (Fsp3) is 0.364. The van der Waals surface area contributed by atoms with E-state index in [1.807, 2.05) is 0 Å². The molecule has 1 aliphatic carbocycles. The zero-order valence-electron chi connectivity index (χ0n) is 17.6. The van der Waals surface area contributed by atoms with Gasteiger partial charge in [-0.1, -0.05) is 18.7 Å². The third kappa shape index (κ3) is 4.24. The van der Waals surface area contributed by atoms with E-state index in [1.54, 1.807) is 23.5 Å². The van der Waals surface area contributed by atoms with Crippen molar-refractivity contribution in [3.63, 3.8) is 0 Å². The Hall–Kier alpha value is -2.85. The highest BCUT2D eigenvalue weighted by molar-refractivity contribution is 7.99. The van der Waals surface area contributed by atoms with Gasteiger partial charge in [-0.05, 0) is 49.8 Å². The summed E-state index contributed by atoms with van der Waals surface area (Å²) in [5, 5.41) is 11.3. The molecule has 0 bridgehead atoms. The normalized spacial score (nSPS) is 16.6. The highest BCUT2D eigenvalue weighted by atomic mass is 32.2. The highest BCUT2D eigenvalue weighted by Crippen LogP contribution is 2.38. The molecule has 1 N–H and O–H groups in total. The van der Waals surface area contributed by atoms with Gasteiger partial charge in [-0.3, -0.25) is 9.59 Å². The van der Waals surface area contributed by atoms with Crippen LogP contribution >= 0.6 is 23.1 Å². The lowest BCUT2D eigenvalue weighted by atomic mass is 9.90. The van der Waals surface area contributed by atoms with E-state index in [1.165, 1.54) is 23.8 Å². The maximum Gasteiger partial charge on any atom is 0.277 e. The Bertz CT molecular complexity index is 1200. The minimum absolute atomic E-state index is 0.0614. The molecule has 0 fully saturated rings. The number of thiophene rings is 1. The zero-order valence-corrected chi connectivity index (χ0v) is 19.2. The molecule has 2 aromatic heterocycles. The third-order valence-corrected chi connectivity index (χ3v) is 7.48. The molecule has 0 saturated heterocycles. The fourth-order valence-electron chi connectivity index (χ4n) is 3.83. The van der Waals surface area contributed by atoms with Crippen LogP contribution in [0, 0.1) is 5.92 Å². The number of Topliss-reactive ketones (excluding diaryl/α,β-unsaturated/α-hetero) is 1. The number of hydrogen-bond acceptors (Lipinski definition) is 9. The predicted molar refractivity (Wildman–Crippen MR) is 121 cm³/mol. The summed E-state index contributed by atoms with van der Waals surface area (Å²) >= 11 is 2.85. The number of carbonyl (C=O) groups excluding carboxylic acids is 2. The van der Waals surface area contributed by atoms with Gasteiger partial charge in [0.25, 0.3) is 11.1 Å². The van der Waals surface area contributed by atoms with Gasteiger partial charge in [0.2, 0.25) is 12.7 Å². The Labute approximate surface area is 192 Å². The van der Waals surface area contributed by atoms with Crippen molar-refractivity contribution >= 4 is 40.5 Å². The smallest absolute Gasteiger partial charge is 0.277 e. The van der Waals surface area contributed by atoms with Crippen molar-refractivity contribution in [3.8, 4) is 22.3 Å². The molecule has 0 saturated carbocycles. The molecule has 0 radical (unpaired) electrons. The van der Waals surface area contributed by atoms with E-state index < -0.39 is 0 Å². The zero-order chi connectivity index (χ0) is 22.2. The number of nitrogens with one attached hydrogen (secondary N) is 1. The SMILES string of the molecule is CC(=O)c1cc2c(cc1NC(=O)CSc1nnc(-c3cc4c(s3)CCC(C)C4)o1)OCO2. The minimum atomic E-state index is -0.295. The van der Waals surface area contributed by atoms with Crippen molar-refractivity contribution in [1.82, 2.24) is 10.2 Å². The monoisotopic (exact) mass is 471 g/mol. The molecule has 3 aromatic rings. The fourth-order valence-corrected chi connectivity index (χ4v) is 5.52. The summed E-state index contributed by atoms with van der Waals surface area (Å²) in [4.78, 5) is 26.8. The number of aryl methyl sites for hydroxylation is 1. The average molecular weight is 472 g/mol. The minimum Gasteiger partial charge on any atom is -0.454 e. The van der Waals surface area contributed by atoms with Gasteiger partial charge in [-0.25, -0.2) is 0 Å². The molecule has 1 atom stereocenters. The largest absolute Gasteiger partial charge is 0.454 e. The summed E-state index contributed by atoms with van der Waals surface area (Å²) in [6.45, 7) is 3.80. The van der Waals surface area contributed by atoms with E-state index in [9.17, 15) is 9.59 Å².